The van der Waals surface area contributed by atoms with Gasteiger partial charge in [0.05, 0.1) is 0 Å². The molecule has 0 aliphatic carbocycles. The summed E-state index contributed by atoms with van der Waals surface area (Å²) >= 11 is 5.94. The molecular weight excluding hydrogens is 440 g/mol. The molecule has 0 spiro atoms. The van der Waals surface area contributed by atoms with Gasteiger partial charge in [0.15, 0.2) is 5.60 Å². The number of hydrogen-bond acceptors (Lipinski definition) is 7. The van der Waals surface area contributed by atoms with Crippen molar-refractivity contribution in [2.24, 2.45) is 0 Å². The number of benzene rings is 1. The van der Waals surface area contributed by atoms with E-state index < -0.39 is 5.60 Å². The number of hydrogen-bond donors (Lipinski definition) is 1. The summed E-state index contributed by atoms with van der Waals surface area (Å²) in [4.78, 5) is 30.2. The average Bonchev–Trinajstić information content (AvgIpc) is 2.80. The molecule has 1 N–H and O–H groups in total. The van der Waals surface area contributed by atoms with Gasteiger partial charge in [-0.15, -0.1) is 0 Å². The highest BCUT2D eigenvalue weighted by Gasteiger charge is 2.36. The zero-order valence-corrected chi connectivity index (χ0v) is 19.7. The number of aromatic nitrogens is 3. The van der Waals surface area contributed by atoms with Crippen molar-refractivity contribution in [3.05, 3.63) is 65.6 Å². The van der Waals surface area contributed by atoms with Gasteiger partial charge in [-0.2, -0.15) is 0 Å². The maximum atomic E-state index is 13.1. The van der Waals surface area contributed by atoms with Crippen LogP contribution in [-0.4, -0.2) is 57.5 Å². The summed E-state index contributed by atoms with van der Waals surface area (Å²) in [5.41, 5.74) is 0.133. The van der Waals surface area contributed by atoms with Crippen LogP contribution >= 0.6 is 11.6 Å². The van der Waals surface area contributed by atoms with Crippen LogP contribution in [0, 0.1) is 6.92 Å². The molecule has 0 saturated carbocycles. The largest absolute Gasteiger partial charge is 0.478 e. The Kier molecular flexibility index (Phi) is 6.65. The molecule has 1 aromatic carbocycles. The molecule has 0 unspecified atom stereocenters. The molecule has 1 amide bonds. The Hall–Kier alpha value is -3.39. The number of halogens is 1. The van der Waals surface area contributed by atoms with Gasteiger partial charge in [-0.3, -0.25) is 4.79 Å². The summed E-state index contributed by atoms with van der Waals surface area (Å²) < 4.78 is 5.97. The molecule has 1 aliphatic heterocycles. The number of nitrogens with zero attached hydrogens (tertiary/aromatic N) is 5. The van der Waals surface area contributed by atoms with Crippen molar-refractivity contribution in [2.75, 3.05) is 36.4 Å². The van der Waals surface area contributed by atoms with Crippen molar-refractivity contribution in [2.45, 2.75) is 26.4 Å². The highest BCUT2D eigenvalue weighted by molar-refractivity contribution is 6.30. The van der Waals surface area contributed by atoms with Crippen LogP contribution in [0.25, 0.3) is 0 Å². The Morgan fingerprint density at radius 2 is 1.70 bits per heavy atom. The third-order valence-electron chi connectivity index (χ3n) is 5.42. The van der Waals surface area contributed by atoms with Gasteiger partial charge in [0.25, 0.3) is 5.91 Å². The number of piperazine rings is 1. The van der Waals surface area contributed by atoms with Crippen LogP contribution in [0.5, 0.6) is 5.75 Å². The molecule has 2 aromatic heterocycles. The molecule has 0 atom stereocenters. The lowest BCUT2D eigenvalue weighted by atomic mass is 10.1. The second-order valence-corrected chi connectivity index (χ2v) is 8.89. The first-order valence-corrected chi connectivity index (χ1v) is 11.2. The van der Waals surface area contributed by atoms with E-state index in [2.05, 4.69) is 25.2 Å². The second-order valence-electron chi connectivity index (χ2n) is 8.45. The number of aryl methyl sites for hydroxylation is 1. The molecule has 4 rings (SSSR count). The number of rotatable bonds is 6. The quantitative estimate of drug-likeness (QED) is 0.585. The number of carbonyl (C=O) groups excluding carboxylic acids is 1. The normalized spacial score (nSPS) is 14.2. The average molecular weight is 467 g/mol. The summed E-state index contributed by atoms with van der Waals surface area (Å²) in [6.45, 7) is 8.09. The Labute approximate surface area is 198 Å². The van der Waals surface area contributed by atoms with E-state index in [0.717, 1.165) is 17.2 Å². The predicted molar refractivity (Wildman–Crippen MR) is 129 cm³/mol. The molecule has 9 heteroatoms. The van der Waals surface area contributed by atoms with Crippen LogP contribution in [0.3, 0.4) is 0 Å². The molecule has 1 aliphatic rings. The topological polar surface area (TPSA) is 83.5 Å². The van der Waals surface area contributed by atoms with Gasteiger partial charge in [0.1, 0.15) is 29.5 Å². The number of ether oxygens (including phenoxy) is 1. The minimum absolute atomic E-state index is 0.0485. The number of pyridine rings is 1. The second kappa shape index (κ2) is 9.62. The monoisotopic (exact) mass is 466 g/mol. The Morgan fingerprint density at radius 3 is 2.39 bits per heavy atom. The molecule has 8 nitrogen and oxygen atoms in total. The summed E-state index contributed by atoms with van der Waals surface area (Å²) in [6.07, 6.45) is 3.29. The molecule has 1 saturated heterocycles. The fraction of sp³-hybridized carbons (Fsp3) is 0.333. The maximum absolute atomic E-state index is 13.1. The number of nitrogens with one attached hydrogen (secondary N) is 1. The highest BCUT2D eigenvalue weighted by atomic mass is 35.5. The van der Waals surface area contributed by atoms with E-state index in [4.69, 9.17) is 16.3 Å². The van der Waals surface area contributed by atoms with Gasteiger partial charge in [-0.25, -0.2) is 15.0 Å². The van der Waals surface area contributed by atoms with E-state index in [1.807, 2.05) is 30.0 Å². The Balaban J connectivity index is 1.36. The van der Waals surface area contributed by atoms with Gasteiger partial charge in [0, 0.05) is 43.5 Å². The molecule has 0 bridgehead atoms. The first-order valence-electron chi connectivity index (χ1n) is 10.8. The standard InChI is InChI=1S/C24H27ClN6O2/c1-17-8-9-26-20(14-17)29-21-15-22(28-16-27-21)30-10-12-31(13-11-30)23(32)24(2,3)33-19-6-4-18(25)5-7-19/h4-9,14-16H,10-13H2,1-3H3,(H,26,27,28,29). The van der Waals surface area contributed by atoms with Gasteiger partial charge < -0.3 is 19.9 Å². The van der Waals surface area contributed by atoms with Gasteiger partial charge >= 0.3 is 0 Å². The molecule has 1 fully saturated rings. The van der Waals surface area contributed by atoms with Crippen molar-refractivity contribution in [1.82, 2.24) is 19.9 Å². The molecule has 0 radical (unpaired) electrons. The lowest BCUT2D eigenvalue weighted by molar-refractivity contribution is -0.145. The Bertz CT molecular complexity index is 1110. The van der Waals surface area contributed by atoms with E-state index in [9.17, 15) is 4.79 Å². The van der Waals surface area contributed by atoms with Crippen molar-refractivity contribution in [3.63, 3.8) is 0 Å². The van der Waals surface area contributed by atoms with Crippen LogP contribution in [0.2, 0.25) is 5.02 Å². The third kappa shape index (κ3) is 5.70. The van der Waals surface area contributed by atoms with Crippen molar-refractivity contribution < 1.29 is 9.53 Å². The molecule has 3 heterocycles. The van der Waals surface area contributed by atoms with Crippen LogP contribution in [0.15, 0.2) is 55.0 Å². The highest BCUT2D eigenvalue weighted by Crippen LogP contribution is 2.24. The van der Waals surface area contributed by atoms with Crippen LogP contribution < -0.4 is 15.0 Å². The zero-order chi connectivity index (χ0) is 23.4. The van der Waals surface area contributed by atoms with Crippen molar-refractivity contribution in [1.29, 1.82) is 0 Å². The smallest absolute Gasteiger partial charge is 0.266 e. The minimum Gasteiger partial charge on any atom is -0.478 e. The SMILES string of the molecule is Cc1ccnc(Nc2cc(N3CCN(C(=O)C(C)(C)Oc4ccc(Cl)cc4)CC3)ncn2)c1. The van der Waals surface area contributed by atoms with E-state index in [0.29, 0.717) is 42.8 Å². The van der Waals surface area contributed by atoms with E-state index >= 15 is 0 Å². The van der Waals surface area contributed by atoms with Crippen molar-refractivity contribution in [3.8, 4) is 5.75 Å². The number of carbonyl (C=O) groups is 1. The summed E-state index contributed by atoms with van der Waals surface area (Å²) in [5, 5.41) is 3.85. The lowest BCUT2D eigenvalue weighted by Crippen LogP contribution is -2.56. The first-order chi connectivity index (χ1) is 15.8. The molecular formula is C24H27ClN6O2. The van der Waals surface area contributed by atoms with Crippen LogP contribution in [0.1, 0.15) is 19.4 Å². The summed E-state index contributed by atoms with van der Waals surface area (Å²) in [7, 11) is 0. The van der Waals surface area contributed by atoms with Gasteiger partial charge in [-0.1, -0.05) is 11.6 Å². The van der Waals surface area contributed by atoms with Gasteiger partial charge in [-0.05, 0) is 62.7 Å². The molecule has 3 aromatic rings. The molecule has 33 heavy (non-hydrogen) atoms. The maximum Gasteiger partial charge on any atom is 0.266 e. The lowest BCUT2D eigenvalue weighted by Gasteiger charge is -2.39. The van der Waals surface area contributed by atoms with Crippen molar-refractivity contribution >= 4 is 35.0 Å². The predicted octanol–water partition coefficient (Wildman–Crippen LogP) is 4.08. The summed E-state index contributed by atoms with van der Waals surface area (Å²) in [6, 6.07) is 12.8. The van der Waals surface area contributed by atoms with Crippen LogP contribution in [-0.2, 0) is 4.79 Å². The fourth-order valence-electron chi connectivity index (χ4n) is 3.68. The van der Waals surface area contributed by atoms with E-state index in [-0.39, 0.29) is 5.91 Å². The van der Waals surface area contributed by atoms with E-state index in [1.54, 1.807) is 44.3 Å². The number of amides is 1. The first kappa shape index (κ1) is 22.8. The van der Waals surface area contributed by atoms with E-state index in [1.165, 1.54) is 6.33 Å². The molecule has 172 valence electrons. The van der Waals surface area contributed by atoms with Crippen LogP contribution in [0.4, 0.5) is 17.5 Å². The third-order valence-corrected chi connectivity index (χ3v) is 5.67. The zero-order valence-electron chi connectivity index (χ0n) is 19.0. The van der Waals surface area contributed by atoms with Gasteiger partial charge in [0.2, 0.25) is 0 Å². The Morgan fingerprint density at radius 1 is 1.00 bits per heavy atom. The minimum atomic E-state index is -0.983. The number of anilines is 3. The summed E-state index contributed by atoms with van der Waals surface area (Å²) in [5.74, 6) is 2.78. The fourth-order valence-corrected chi connectivity index (χ4v) is 3.81.